The highest BCUT2D eigenvalue weighted by Crippen LogP contribution is 2.59. The maximum absolute atomic E-state index is 13.9. The quantitative estimate of drug-likeness (QED) is 0.309. The number of aromatic nitrogens is 6. The fraction of sp³-hybridized carbons (Fsp3) is 0.393. The minimum Gasteiger partial charge on any atom is -0.387 e. The third-order valence-corrected chi connectivity index (χ3v) is 8.33. The van der Waals surface area contributed by atoms with Crippen molar-refractivity contribution in [1.29, 1.82) is 0 Å². The van der Waals surface area contributed by atoms with Crippen molar-refractivity contribution in [2.45, 2.75) is 65.3 Å². The van der Waals surface area contributed by atoms with E-state index in [-0.39, 0.29) is 34.3 Å². The molecule has 11 nitrogen and oxygen atoms in total. The first kappa shape index (κ1) is 27.3. The lowest BCUT2D eigenvalue weighted by Gasteiger charge is -2.27. The largest absolute Gasteiger partial charge is 0.387 e. The number of halogens is 2. The third kappa shape index (κ3) is 4.97. The predicted octanol–water partition coefficient (Wildman–Crippen LogP) is 3.87. The smallest absolute Gasteiger partial charge is 0.248 e. The SMILES string of the molecule is Cc1ncc(-c2cc3c(C(C)O)nn(CC(=O)N4[C@H](C(=O)Nc5cc(F)cc(Br)n5)C[C@@]5(C)C[C@@H]45)c3c(C)n2)cn1. The van der Waals surface area contributed by atoms with Gasteiger partial charge in [0, 0.05) is 41.5 Å². The molecule has 4 atom stereocenters. The maximum atomic E-state index is 13.9. The number of fused-ring (bicyclic) bond motifs is 2. The molecule has 41 heavy (non-hydrogen) atoms. The topological polar surface area (TPSA) is 139 Å². The van der Waals surface area contributed by atoms with Gasteiger partial charge in [0.2, 0.25) is 11.8 Å². The number of amides is 2. The molecule has 0 aromatic carbocycles. The van der Waals surface area contributed by atoms with E-state index in [1.807, 2.05) is 13.0 Å². The van der Waals surface area contributed by atoms with E-state index in [9.17, 15) is 19.1 Å². The number of hydrogen-bond donors (Lipinski definition) is 2. The van der Waals surface area contributed by atoms with Crippen LogP contribution in [0.25, 0.3) is 22.2 Å². The highest BCUT2D eigenvalue weighted by atomic mass is 79.9. The Balaban J connectivity index is 1.31. The number of carbonyl (C=O) groups is 2. The van der Waals surface area contributed by atoms with Crippen LogP contribution in [0.1, 0.15) is 50.0 Å². The Labute approximate surface area is 243 Å². The second-order valence-corrected chi connectivity index (χ2v) is 11.9. The van der Waals surface area contributed by atoms with E-state index in [2.05, 4.69) is 48.2 Å². The molecule has 13 heteroatoms. The monoisotopic (exact) mass is 622 g/mol. The van der Waals surface area contributed by atoms with Crippen molar-refractivity contribution < 1.29 is 19.1 Å². The standard InChI is InChI=1S/C28H28BrFN8O3/c1-13-26-18(7-19(33-13)16-10-31-15(3)32-11-16)25(14(2)39)36-37(26)12-24(40)38-20(8-28(4)9-21(28)38)27(41)35-23-6-17(30)5-22(29)34-23/h5-7,10-11,14,20-21,39H,8-9,12H2,1-4H3,(H,34,35,41)/t14?,20-,21+,28-/m0/s1. The number of hydrogen-bond acceptors (Lipinski definition) is 8. The van der Waals surface area contributed by atoms with Gasteiger partial charge < -0.3 is 15.3 Å². The number of likely N-dealkylation sites (tertiary alicyclic amines) is 1. The van der Waals surface area contributed by atoms with E-state index in [1.54, 1.807) is 35.8 Å². The summed E-state index contributed by atoms with van der Waals surface area (Å²) in [6.45, 7) is 7.16. The predicted molar refractivity (Wildman–Crippen MR) is 151 cm³/mol. The number of nitrogens with zero attached hydrogens (tertiary/aromatic N) is 7. The molecule has 1 unspecified atom stereocenters. The summed E-state index contributed by atoms with van der Waals surface area (Å²) in [7, 11) is 0. The summed E-state index contributed by atoms with van der Waals surface area (Å²) < 4.78 is 15.7. The molecular formula is C28H28BrFN8O3. The van der Waals surface area contributed by atoms with Crippen LogP contribution < -0.4 is 5.32 Å². The average Bonchev–Trinajstić information content (AvgIpc) is 3.25. The summed E-state index contributed by atoms with van der Waals surface area (Å²) in [5.41, 5.74) is 2.86. The molecule has 2 fully saturated rings. The second-order valence-electron chi connectivity index (χ2n) is 11.1. The van der Waals surface area contributed by atoms with Crippen LogP contribution in [-0.4, -0.2) is 63.6 Å². The van der Waals surface area contributed by atoms with Crippen molar-refractivity contribution in [1.82, 2.24) is 34.6 Å². The second kappa shape index (κ2) is 9.91. The molecule has 1 saturated carbocycles. The van der Waals surface area contributed by atoms with Crippen molar-refractivity contribution in [2.24, 2.45) is 5.41 Å². The van der Waals surface area contributed by atoms with Gasteiger partial charge >= 0.3 is 0 Å². The fourth-order valence-electron chi connectivity index (χ4n) is 5.83. The number of aryl methyl sites for hydroxylation is 2. The number of pyridine rings is 2. The first-order valence-corrected chi connectivity index (χ1v) is 14.0. The lowest BCUT2D eigenvalue weighted by Crippen LogP contribution is -2.46. The van der Waals surface area contributed by atoms with E-state index in [4.69, 9.17) is 4.98 Å². The zero-order valence-electron chi connectivity index (χ0n) is 22.9. The first-order chi connectivity index (χ1) is 19.4. The fourth-order valence-corrected chi connectivity index (χ4v) is 6.24. The summed E-state index contributed by atoms with van der Waals surface area (Å²) in [4.78, 5) is 46.1. The minimum absolute atomic E-state index is 0.0659. The number of carbonyl (C=O) groups excluding carboxylic acids is 2. The Morgan fingerprint density at radius 1 is 1.20 bits per heavy atom. The average molecular weight is 623 g/mol. The van der Waals surface area contributed by atoms with Crippen molar-refractivity contribution in [2.75, 3.05) is 5.32 Å². The van der Waals surface area contributed by atoms with Gasteiger partial charge in [0.1, 0.15) is 34.6 Å². The zero-order chi connectivity index (χ0) is 29.2. The van der Waals surface area contributed by atoms with E-state index in [1.165, 1.54) is 6.07 Å². The van der Waals surface area contributed by atoms with Gasteiger partial charge in [-0.3, -0.25) is 19.3 Å². The summed E-state index contributed by atoms with van der Waals surface area (Å²) in [6, 6.07) is 3.33. The molecule has 212 valence electrons. The normalized spacial score (nSPS) is 22.1. The summed E-state index contributed by atoms with van der Waals surface area (Å²) in [5.74, 6) is -0.534. The lowest BCUT2D eigenvalue weighted by molar-refractivity contribution is -0.138. The molecule has 0 spiro atoms. The van der Waals surface area contributed by atoms with Crippen LogP contribution in [0.15, 0.2) is 35.2 Å². The molecule has 4 aromatic heterocycles. The van der Waals surface area contributed by atoms with Gasteiger partial charge in [0.05, 0.1) is 28.7 Å². The van der Waals surface area contributed by atoms with Crippen LogP contribution in [0, 0.1) is 25.1 Å². The van der Waals surface area contributed by atoms with Gasteiger partial charge in [-0.15, -0.1) is 0 Å². The van der Waals surface area contributed by atoms with E-state index < -0.39 is 23.9 Å². The number of aliphatic hydroxyl groups is 1. The van der Waals surface area contributed by atoms with Crippen LogP contribution in [0.5, 0.6) is 0 Å². The van der Waals surface area contributed by atoms with Gasteiger partial charge in [0.15, 0.2) is 0 Å². The zero-order valence-corrected chi connectivity index (χ0v) is 24.5. The number of piperidine rings is 1. The minimum atomic E-state index is -0.895. The first-order valence-electron chi connectivity index (χ1n) is 13.2. The number of anilines is 1. The summed E-state index contributed by atoms with van der Waals surface area (Å²) in [6.07, 6.45) is 3.78. The molecule has 0 radical (unpaired) electrons. The van der Waals surface area contributed by atoms with E-state index in [0.717, 1.165) is 18.1 Å². The number of nitrogens with one attached hydrogen (secondary N) is 1. The van der Waals surface area contributed by atoms with Crippen LogP contribution in [-0.2, 0) is 16.1 Å². The molecule has 1 aliphatic carbocycles. The highest BCUT2D eigenvalue weighted by molar-refractivity contribution is 9.10. The lowest BCUT2D eigenvalue weighted by atomic mass is 10.0. The Bertz CT molecular complexity index is 1690. The number of rotatable bonds is 6. The van der Waals surface area contributed by atoms with Crippen molar-refractivity contribution >= 4 is 44.5 Å². The van der Waals surface area contributed by atoms with Gasteiger partial charge in [0.25, 0.3) is 0 Å². The Kier molecular flexibility index (Phi) is 6.61. The molecule has 0 bridgehead atoms. The molecular weight excluding hydrogens is 595 g/mol. The molecule has 6 rings (SSSR count). The van der Waals surface area contributed by atoms with Gasteiger partial charge in [-0.05, 0) is 61.0 Å². The third-order valence-electron chi connectivity index (χ3n) is 7.92. The van der Waals surface area contributed by atoms with Gasteiger partial charge in [-0.1, -0.05) is 6.92 Å². The number of aliphatic hydroxyl groups excluding tert-OH is 1. The van der Waals surface area contributed by atoms with Gasteiger partial charge in [-0.25, -0.2) is 19.3 Å². The van der Waals surface area contributed by atoms with Crippen LogP contribution in [0.3, 0.4) is 0 Å². The Morgan fingerprint density at radius 3 is 2.61 bits per heavy atom. The van der Waals surface area contributed by atoms with Crippen molar-refractivity contribution in [3.63, 3.8) is 0 Å². The van der Waals surface area contributed by atoms with Crippen molar-refractivity contribution in [3.8, 4) is 11.3 Å². The molecule has 1 aliphatic heterocycles. The Hall–Kier alpha value is -3.84. The van der Waals surface area contributed by atoms with E-state index in [0.29, 0.717) is 40.2 Å². The van der Waals surface area contributed by atoms with Crippen molar-refractivity contribution in [3.05, 3.63) is 58.2 Å². The highest BCUT2D eigenvalue weighted by Gasteiger charge is 2.64. The molecule has 2 N–H and O–H groups in total. The van der Waals surface area contributed by atoms with Crippen LogP contribution in [0.4, 0.5) is 10.2 Å². The summed E-state index contributed by atoms with van der Waals surface area (Å²) in [5, 5.41) is 18.5. The maximum Gasteiger partial charge on any atom is 0.248 e. The molecule has 4 aromatic rings. The Morgan fingerprint density at radius 2 is 1.93 bits per heavy atom. The van der Waals surface area contributed by atoms with Crippen LogP contribution in [0.2, 0.25) is 0 Å². The van der Waals surface area contributed by atoms with Gasteiger partial charge in [-0.2, -0.15) is 5.10 Å². The molecule has 2 amide bonds. The van der Waals surface area contributed by atoms with E-state index >= 15 is 0 Å². The summed E-state index contributed by atoms with van der Waals surface area (Å²) >= 11 is 3.14. The molecule has 5 heterocycles. The molecule has 2 aliphatic rings. The van der Waals surface area contributed by atoms with Crippen LogP contribution >= 0.6 is 15.9 Å². The molecule has 1 saturated heterocycles.